The Bertz CT molecular complexity index is 272. The van der Waals surface area contributed by atoms with Crippen LogP contribution in [0.2, 0.25) is 0 Å². The fourth-order valence-electron chi connectivity index (χ4n) is 1.10. The van der Waals surface area contributed by atoms with Crippen LogP contribution in [-0.2, 0) is 11.2 Å². The van der Waals surface area contributed by atoms with Gasteiger partial charge in [0.05, 0.1) is 0 Å². The molecule has 0 spiro atoms. The minimum Gasteiger partial charge on any atom is -0.352 e. The van der Waals surface area contributed by atoms with Crippen LogP contribution in [0.25, 0.3) is 0 Å². The Labute approximate surface area is 88.3 Å². The van der Waals surface area contributed by atoms with E-state index in [9.17, 15) is 4.79 Å². The average Bonchev–Trinajstić information content (AvgIpc) is 2.67. The minimum atomic E-state index is 0.0748. The third-order valence-corrected chi connectivity index (χ3v) is 2.88. The SMILES string of the molecule is CC(CN)NC(=O)CCc1cccs1. The molecule has 14 heavy (non-hydrogen) atoms. The topological polar surface area (TPSA) is 55.1 Å². The highest BCUT2D eigenvalue weighted by molar-refractivity contribution is 7.09. The van der Waals surface area contributed by atoms with Gasteiger partial charge in [0.25, 0.3) is 0 Å². The lowest BCUT2D eigenvalue weighted by Crippen LogP contribution is -2.37. The molecule has 0 aliphatic carbocycles. The molecule has 1 amide bonds. The molecule has 1 rings (SSSR count). The molecule has 0 aliphatic rings. The third kappa shape index (κ3) is 3.89. The van der Waals surface area contributed by atoms with E-state index in [0.717, 1.165) is 6.42 Å². The highest BCUT2D eigenvalue weighted by Gasteiger charge is 2.05. The van der Waals surface area contributed by atoms with Crippen LogP contribution in [0.5, 0.6) is 0 Å². The third-order valence-electron chi connectivity index (χ3n) is 1.94. The van der Waals surface area contributed by atoms with Gasteiger partial charge in [-0.2, -0.15) is 0 Å². The van der Waals surface area contributed by atoms with Crippen molar-refractivity contribution in [1.82, 2.24) is 5.32 Å². The number of thiophene rings is 1. The van der Waals surface area contributed by atoms with Crippen LogP contribution in [0.4, 0.5) is 0 Å². The first-order valence-electron chi connectivity index (χ1n) is 4.74. The van der Waals surface area contributed by atoms with Crippen molar-refractivity contribution < 1.29 is 4.79 Å². The summed E-state index contributed by atoms with van der Waals surface area (Å²) in [7, 11) is 0. The van der Waals surface area contributed by atoms with E-state index < -0.39 is 0 Å². The second kappa shape index (κ2) is 5.78. The van der Waals surface area contributed by atoms with E-state index in [1.54, 1.807) is 11.3 Å². The maximum atomic E-state index is 11.3. The fourth-order valence-corrected chi connectivity index (χ4v) is 1.81. The Morgan fingerprint density at radius 1 is 1.71 bits per heavy atom. The number of amides is 1. The maximum absolute atomic E-state index is 11.3. The van der Waals surface area contributed by atoms with Crippen molar-refractivity contribution in [3.05, 3.63) is 22.4 Å². The molecule has 1 unspecified atom stereocenters. The molecule has 0 aromatic carbocycles. The van der Waals surface area contributed by atoms with Crippen molar-refractivity contribution in [2.45, 2.75) is 25.8 Å². The molecule has 78 valence electrons. The van der Waals surface area contributed by atoms with Crippen LogP contribution >= 0.6 is 11.3 Å². The summed E-state index contributed by atoms with van der Waals surface area (Å²) in [6.07, 6.45) is 1.37. The van der Waals surface area contributed by atoms with Gasteiger partial charge >= 0.3 is 0 Å². The number of carbonyl (C=O) groups is 1. The zero-order chi connectivity index (χ0) is 10.4. The van der Waals surface area contributed by atoms with Crippen LogP contribution in [0.1, 0.15) is 18.2 Å². The molecule has 4 heteroatoms. The zero-order valence-corrected chi connectivity index (χ0v) is 9.14. The minimum absolute atomic E-state index is 0.0748. The van der Waals surface area contributed by atoms with Crippen molar-refractivity contribution in [2.75, 3.05) is 6.54 Å². The Morgan fingerprint density at radius 2 is 2.50 bits per heavy atom. The fraction of sp³-hybridized carbons (Fsp3) is 0.500. The molecule has 3 nitrogen and oxygen atoms in total. The monoisotopic (exact) mass is 212 g/mol. The van der Waals surface area contributed by atoms with Crippen LogP contribution in [0.15, 0.2) is 17.5 Å². The lowest BCUT2D eigenvalue weighted by atomic mass is 10.2. The molecule has 3 N–H and O–H groups in total. The van der Waals surface area contributed by atoms with Crippen molar-refractivity contribution in [3.63, 3.8) is 0 Å². The molecule has 0 fully saturated rings. The smallest absolute Gasteiger partial charge is 0.220 e. The summed E-state index contributed by atoms with van der Waals surface area (Å²) in [6.45, 7) is 2.40. The molecule has 1 aromatic heterocycles. The highest BCUT2D eigenvalue weighted by Crippen LogP contribution is 2.10. The number of hydrogen-bond donors (Lipinski definition) is 2. The molecular formula is C10H16N2OS. The van der Waals surface area contributed by atoms with Gasteiger partial charge in [-0.1, -0.05) is 6.07 Å². The summed E-state index contributed by atoms with van der Waals surface area (Å²) in [5.41, 5.74) is 5.40. The van der Waals surface area contributed by atoms with Crippen LogP contribution < -0.4 is 11.1 Å². The van der Waals surface area contributed by atoms with E-state index in [1.165, 1.54) is 4.88 Å². The molecule has 0 saturated carbocycles. The lowest BCUT2D eigenvalue weighted by Gasteiger charge is -2.10. The standard InChI is InChI=1S/C10H16N2OS/c1-8(7-11)12-10(13)5-4-9-3-2-6-14-9/h2-3,6,8H,4-5,7,11H2,1H3,(H,12,13). The first kappa shape index (κ1) is 11.2. The summed E-state index contributed by atoms with van der Waals surface area (Å²) in [5.74, 6) is 0.0800. The van der Waals surface area contributed by atoms with E-state index in [0.29, 0.717) is 13.0 Å². The van der Waals surface area contributed by atoms with Crippen LogP contribution in [0.3, 0.4) is 0 Å². The van der Waals surface area contributed by atoms with Gasteiger partial charge in [0.2, 0.25) is 5.91 Å². The largest absolute Gasteiger partial charge is 0.352 e. The van der Waals surface area contributed by atoms with Gasteiger partial charge < -0.3 is 11.1 Å². The van der Waals surface area contributed by atoms with E-state index >= 15 is 0 Å². The summed E-state index contributed by atoms with van der Waals surface area (Å²) < 4.78 is 0. The van der Waals surface area contributed by atoms with Crippen LogP contribution in [0, 0.1) is 0 Å². The van der Waals surface area contributed by atoms with Gasteiger partial charge in [0.15, 0.2) is 0 Å². The second-order valence-electron chi connectivity index (χ2n) is 3.28. The van der Waals surface area contributed by atoms with Gasteiger partial charge in [-0.3, -0.25) is 4.79 Å². The maximum Gasteiger partial charge on any atom is 0.220 e. The van der Waals surface area contributed by atoms with Gasteiger partial charge in [0, 0.05) is 23.9 Å². The quantitative estimate of drug-likeness (QED) is 0.769. The number of nitrogens with two attached hydrogens (primary N) is 1. The highest BCUT2D eigenvalue weighted by atomic mass is 32.1. The summed E-state index contributed by atoms with van der Waals surface area (Å²) >= 11 is 1.68. The number of rotatable bonds is 5. The average molecular weight is 212 g/mol. The van der Waals surface area contributed by atoms with E-state index in [4.69, 9.17) is 5.73 Å². The molecular weight excluding hydrogens is 196 g/mol. The number of carbonyl (C=O) groups excluding carboxylic acids is 1. The first-order chi connectivity index (χ1) is 6.72. The zero-order valence-electron chi connectivity index (χ0n) is 8.32. The van der Waals surface area contributed by atoms with Crippen LogP contribution in [-0.4, -0.2) is 18.5 Å². The summed E-state index contributed by atoms with van der Waals surface area (Å²) in [6, 6.07) is 4.12. The molecule has 1 heterocycles. The van der Waals surface area contributed by atoms with Gasteiger partial charge in [-0.15, -0.1) is 11.3 Å². The molecule has 0 aliphatic heterocycles. The number of nitrogens with one attached hydrogen (secondary N) is 1. The molecule has 0 radical (unpaired) electrons. The van der Waals surface area contributed by atoms with Crippen molar-refractivity contribution >= 4 is 17.2 Å². The molecule has 1 aromatic rings. The van der Waals surface area contributed by atoms with Crippen molar-refractivity contribution in [2.24, 2.45) is 5.73 Å². The Balaban J connectivity index is 2.22. The van der Waals surface area contributed by atoms with Gasteiger partial charge in [0.1, 0.15) is 0 Å². The Morgan fingerprint density at radius 3 is 3.07 bits per heavy atom. The lowest BCUT2D eigenvalue weighted by molar-refractivity contribution is -0.121. The summed E-state index contributed by atoms with van der Waals surface area (Å²) in [5, 5.41) is 4.86. The number of aryl methyl sites for hydroxylation is 1. The number of hydrogen-bond acceptors (Lipinski definition) is 3. The van der Waals surface area contributed by atoms with E-state index in [-0.39, 0.29) is 11.9 Å². The predicted octanol–water partition coefficient (Wildman–Crippen LogP) is 1.14. The Kier molecular flexibility index (Phi) is 4.62. The van der Waals surface area contributed by atoms with Gasteiger partial charge in [-0.05, 0) is 24.8 Å². The molecule has 1 atom stereocenters. The molecule has 0 saturated heterocycles. The van der Waals surface area contributed by atoms with E-state index in [1.807, 2.05) is 24.4 Å². The van der Waals surface area contributed by atoms with Crippen molar-refractivity contribution in [3.8, 4) is 0 Å². The van der Waals surface area contributed by atoms with E-state index in [2.05, 4.69) is 5.32 Å². The first-order valence-corrected chi connectivity index (χ1v) is 5.62. The predicted molar refractivity (Wildman–Crippen MR) is 59.3 cm³/mol. The van der Waals surface area contributed by atoms with Crippen molar-refractivity contribution in [1.29, 1.82) is 0 Å². The second-order valence-corrected chi connectivity index (χ2v) is 4.32. The van der Waals surface area contributed by atoms with Gasteiger partial charge in [-0.25, -0.2) is 0 Å². The normalized spacial score (nSPS) is 12.4. The molecule has 0 bridgehead atoms. The Hall–Kier alpha value is -0.870. The summed E-state index contributed by atoms with van der Waals surface area (Å²) in [4.78, 5) is 12.6.